The smallest absolute Gasteiger partial charge is 0.238 e. The second-order valence-corrected chi connectivity index (χ2v) is 6.26. The highest BCUT2D eigenvalue weighted by Crippen LogP contribution is 2.22. The summed E-state index contributed by atoms with van der Waals surface area (Å²) in [5.74, 6) is 1.18. The van der Waals surface area contributed by atoms with Crippen molar-refractivity contribution in [2.24, 2.45) is 0 Å². The lowest BCUT2D eigenvalue weighted by atomic mass is 10.2. The van der Waals surface area contributed by atoms with Gasteiger partial charge in [0, 0.05) is 6.54 Å². The molecule has 0 saturated heterocycles. The van der Waals surface area contributed by atoms with Crippen LogP contribution in [0.15, 0.2) is 54.6 Å². The van der Waals surface area contributed by atoms with Crippen LogP contribution in [-0.2, 0) is 4.79 Å². The van der Waals surface area contributed by atoms with Gasteiger partial charge in [-0.3, -0.25) is 9.69 Å². The number of benzene rings is 2. The SMILES string of the molecule is CCCN(CC(=O)Nc1ccccc1OC)CC(O)COc1ccccc1. The zero-order chi connectivity index (χ0) is 19.5. The molecule has 0 spiro atoms. The Morgan fingerprint density at radius 2 is 1.85 bits per heavy atom. The number of aliphatic hydroxyl groups excluding tert-OH is 1. The minimum atomic E-state index is -0.684. The van der Waals surface area contributed by atoms with Gasteiger partial charge in [-0.15, -0.1) is 0 Å². The minimum Gasteiger partial charge on any atom is -0.495 e. The number of amides is 1. The monoisotopic (exact) mass is 372 g/mol. The second-order valence-electron chi connectivity index (χ2n) is 6.26. The first-order valence-corrected chi connectivity index (χ1v) is 9.13. The van der Waals surface area contributed by atoms with Crippen LogP contribution in [0.4, 0.5) is 5.69 Å². The van der Waals surface area contributed by atoms with Gasteiger partial charge in [-0.1, -0.05) is 37.3 Å². The Morgan fingerprint density at radius 1 is 1.15 bits per heavy atom. The number of nitrogens with zero attached hydrogens (tertiary/aromatic N) is 1. The van der Waals surface area contributed by atoms with Gasteiger partial charge in [0.15, 0.2) is 0 Å². The molecule has 6 nitrogen and oxygen atoms in total. The molecule has 0 heterocycles. The van der Waals surface area contributed by atoms with Crippen molar-refractivity contribution >= 4 is 11.6 Å². The number of carbonyl (C=O) groups is 1. The highest BCUT2D eigenvalue weighted by Gasteiger charge is 2.16. The highest BCUT2D eigenvalue weighted by atomic mass is 16.5. The Morgan fingerprint density at radius 3 is 2.56 bits per heavy atom. The van der Waals surface area contributed by atoms with Crippen LogP contribution in [0.2, 0.25) is 0 Å². The molecule has 6 heteroatoms. The molecular formula is C21H28N2O4. The maximum Gasteiger partial charge on any atom is 0.238 e. The number of aliphatic hydroxyl groups is 1. The molecule has 146 valence electrons. The molecule has 1 unspecified atom stereocenters. The molecule has 2 aromatic carbocycles. The summed E-state index contributed by atoms with van der Waals surface area (Å²) in [7, 11) is 1.57. The van der Waals surface area contributed by atoms with Crippen molar-refractivity contribution in [3.63, 3.8) is 0 Å². The van der Waals surface area contributed by atoms with Gasteiger partial charge in [0.1, 0.15) is 24.2 Å². The first kappa shape index (κ1) is 20.7. The van der Waals surface area contributed by atoms with E-state index in [0.717, 1.165) is 6.42 Å². The number of hydrogen-bond donors (Lipinski definition) is 2. The molecule has 0 bridgehead atoms. The van der Waals surface area contributed by atoms with Crippen molar-refractivity contribution in [3.8, 4) is 11.5 Å². The van der Waals surface area contributed by atoms with Gasteiger partial charge < -0.3 is 19.9 Å². The zero-order valence-electron chi connectivity index (χ0n) is 15.9. The summed E-state index contributed by atoms with van der Waals surface area (Å²) in [5, 5.41) is 13.1. The third-order valence-electron chi connectivity index (χ3n) is 3.94. The van der Waals surface area contributed by atoms with Crippen LogP contribution >= 0.6 is 0 Å². The molecule has 2 aromatic rings. The molecule has 1 atom stereocenters. The summed E-state index contributed by atoms with van der Waals surface area (Å²) in [6.45, 7) is 3.48. The molecule has 0 aliphatic heterocycles. The molecule has 0 radical (unpaired) electrons. The normalized spacial score (nSPS) is 11.9. The summed E-state index contributed by atoms with van der Waals surface area (Å²) in [6.07, 6.45) is 0.199. The van der Waals surface area contributed by atoms with Gasteiger partial charge in [-0.2, -0.15) is 0 Å². The molecular weight excluding hydrogens is 344 g/mol. The molecule has 0 fully saturated rings. The van der Waals surface area contributed by atoms with E-state index in [1.165, 1.54) is 0 Å². The number of ether oxygens (including phenoxy) is 2. The van der Waals surface area contributed by atoms with Crippen molar-refractivity contribution < 1.29 is 19.4 Å². The number of nitrogens with one attached hydrogen (secondary N) is 1. The molecule has 2 N–H and O–H groups in total. The fourth-order valence-electron chi connectivity index (χ4n) is 2.75. The highest BCUT2D eigenvalue weighted by molar-refractivity contribution is 5.93. The fourth-order valence-corrected chi connectivity index (χ4v) is 2.75. The van der Waals surface area contributed by atoms with Crippen molar-refractivity contribution in [3.05, 3.63) is 54.6 Å². The number of anilines is 1. The third-order valence-corrected chi connectivity index (χ3v) is 3.94. The van der Waals surface area contributed by atoms with E-state index in [1.54, 1.807) is 19.2 Å². The molecule has 0 aliphatic rings. The van der Waals surface area contributed by atoms with Gasteiger partial charge in [0.2, 0.25) is 5.91 Å². The van der Waals surface area contributed by atoms with Crippen molar-refractivity contribution in [2.45, 2.75) is 19.4 Å². The van der Waals surface area contributed by atoms with Crippen molar-refractivity contribution in [1.29, 1.82) is 0 Å². The van der Waals surface area contributed by atoms with E-state index in [4.69, 9.17) is 9.47 Å². The van der Waals surface area contributed by atoms with Crippen LogP contribution in [0.1, 0.15) is 13.3 Å². The number of methoxy groups -OCH3 is 1. The fraction of sp³-hybridized carbons (Fsp3) is 0.381. The van der Waals surface area contributed by atoms with E-state index in [2.05, 4.69) is 5.32 Å². The van der Waals surface area contributed by atoms with Gasteiger partial charge in [-0.25, -0.2) is 0 Å². The molecule has 2 rings (SSSR count). The average molecular weight is 372 g/mol. The van der Waals surface area contributed by atoms with Crippen molar-refractivity contribution in [1.82, 2.24) is 4.90 Å². The quantitative estimate of drug-likeness (QED) is 0.635. The lowest BCUT2D eigenvalue weighted by Crippen LogP contribution is -2.40. The summed E-state index contributed by atoms with van der Waals surface area (Å²) < 4.78 is 10.8. The van der Waals surface area contributed by atoms with Gasteiger partial charge in [0.25, 0.3) is 0 Å². The van der Waals surface area contributed by atoms with E-state index in [1.807, 2.05) is 54.3 Å². The van der Waals surface area contributed by atoms with E-state index < -0.39 is 6.10 Å². The summed E-state index contributed by atoms with van der Waals surface area (Å²) in [4.78, 5) is 14.3. The topological polar surface area (TPSA) is 71.0 Å². The maximum absolute atomic E-state index is 12.4. The molecule has 0 aromatic heterocycles. The lowest BCUT2D eigenvalue weighted by Gasteiger charge is -2.24. The molecule has 1 amide bonds. The van der Waals surface area contributed by atoms with Gasteiger partial charge in [-0.05, 0) is 37.2 Å². The second kappa shape index (κ2) is 11.2. The van der Waals surface area contributed by atoms with E-state index in [9.17, 15) is 9.90 Å². The third kappa shape index (κ3) is 7.29. The Bertz CT molecular complexity index is 694. The first-order valence-electron chi connectivity index (χ1n) is 9.13. The predicted molar refractivity (Wildman–Crippen MR) is 106 cm³/mol. The minimum absolute atomic E-state index is 0.149. The average Bonchev–Trinajstić information content (AvgIpc) is 2.67. The Hall–Kier alpha value is -2.57. The maximum atomic E-state index is 12.4. The van der Waals surface area contributed by atoms with Crippen LogP contribution in [0.3, 0.4) is 0 Å². The van der Waals surface area contributed by atoms with Crippen LogP contribution in [0.5, 0.6) is 11.5 Å². The number of para-hydroxylation sites is 3. The van der Waals surface area contributed by atoms with Crippen LogP contribution < -0.4 is 14.8 Å². The summed E-state index contributed by atoms with van der Waals surface area (Å²) in [5.41, 5.74) is 0.634. The summed E-state index contributed by atoms with van der Waals surface area (Å²) >= 11 is 0. The number of hydrogen-bond acceptors (Lipinski definition) is 5. The first-order chi connectivity index (χ1) is 13.1. The zero-order valence-corrected chi connectivity index (χ0v) is 15.9. The number of carbonyl (C=O) groups excluding carboxylic acids is 1. The molecule has 0 saturated carbocycles. The van der Waals surface area contributed by atoms with E-state index in [-0.39, 0.29) is 19.1 Å². The summed E-state index contributed by atoms with van der Waals surface area (Å²) in [6, 6.07) is 16.6. The van der Waals surface area contributed by atoms with E-state index >= 15 is 0 Å². The van der Waals surface area contributed by atoms with E-state index in [0.29, 0.717) is 30.3 Å². The Kier molecular flexibility index (Phi) is 8.61. The molecule has 27 heavy (non-hydrogen) atoms. The Balaban J connectivity index is 1.85. The Labute approximate surface area is 160 Å². The van der Waals surface area contributed by atoms with Crippen molar-refractivity contribution in [2.75, 3.05) is 38.7 Å². The van der Waals surface area contributed by atoms with Crippen LogP contribution in [0.25, 0.3) is 0 Å². The number of rotatable bonds is 11. The predicted octanol–water partition coefficient (Wildman–Crippen LogP) is 2.79. The molecule has 0 aliphatic carbocycles. The van der Waals surface area contributed by atoms with Crippen LogP contribution in [-0.4, -0.2) is 55.4 Å². The van der Waals surface area contributed by atoms with Gasteiger partial charge in [0.05, 0.1) is 19.3 Å². The largest absolute Gasteiger partial charge is 0.495 e. The standard InChI is InChI=1S/C21H28N2O4/c1-3-13-23(14-17(24)16-27-18-9-5-4-6-10-18)15-21(25)22-19-11-7-8-12-20(19)26-2/h4-12,17,24H,3,13-16H2,1-2H3,(H,22,25). The van der Waals surface area contributed by atoms with Crippen LogP contribution in [0, 0.1) is 0 Å². The lowest BCUT2D eigenvalue weighted by molar-refractivity contribution is -0.117. The van der Waals surface area contributed by atoms with Gasteiger partial charge >= 0.3 is 0 Å².